The van der Waals surface area contributed by atoms with Crippen LogP contribution < -0.4 is 5.32 Å². The van der Waals surface area contributed by atoms with Gasteiger partial charge in [-0.1, -0.05) is 25.0 Å². The van der Waals surface area contributed by atoms with Crippen molar-refractivity contribution in [3.63, 3.8) is 0 Å². The van der Waals surface area contributed by atoms with E-state index in [1.807, 2.05) is 11.7 Å². The van der Waals surface area contributed by atoms with Crippen LogP contribution in [0.2, 0.25) is 0 Å². The Morgan fingerprint density at radius 1 is 1.37 bits per heavy atom. The molecule has 1 aliphatic rings. The zero-order valence-electron chi connectivity index (χ0n) is 12.3. The first-order chi connectivity index (χ1) is 9.33. The predicted octanol–water partition coefficient (Wildman–Crippen LogP) is 1.65. The smallest absolute Gasteiger partial charge is 0.0964 e. The maximum atomic E-state index is 4.19. The lowest BCUT2D eigenvalue weighted by Gasteiger charge is -2.35. The Labute approximate surface area is 116 Å². The van der Waals surface area contributed by atoms with Crippen molar-refractivity contribution < 1.29 is 0 Å². The molecule has 1 N–H and O–H groups in total. The molecule has 0 aromatic carbocycles. The molecule has 2 heterocycles. The maximum absolute atomic E-state index is 4.19. The molecular weight excluding hydrogens is 238 g/mol. The van der Waals surface area contributed by atoms with Crippen molar-refractivity contribution in [3.8, 4) is 0 Å². The second-order valence-corrected chi connectivity index (χ2v) is 5.48. The molecule has 1 aromatic heterocycles. The summed E-state index contributed by atoms with van der Waals surface area (Å²) in [5.74, 6) is 0. The third-order valence-corrected chi connectivity index (χ3v) is 3.93. The second kappa shape index (κ2) is 7.60. The lowest BCUT2D eigenvalue weighted by Crippen LogP contribution is -2.41. The van der Waals surface area contributed by atoms with E-state index in [9.17, 15) is 0 Å². The zero-order valence-corrected chi connectivity index (χ0v) is 12.3. The molecule has 0 bridgehead atoms. The van der Waals surface area contributed by atoms with Gasteiger partial charge in [0.1, 0.15) is 0 Å². The predicted molar refractivity (Wildman–Crippen MR) is 76.9 cm³/mol. The van der Waals surface area contributed by atoms with Gasteiger partial charge in [-0.15, -0.1) is 5.10 Å². The highest BCUT2D eigenvalue weighted by Gasteiger charge is 2.21. The fourth-order valence-corrected chi connectivity index (χ4v) is 2.96. The van der Waals surface area contributed by atoms with Gasteiger partial charge in [-0.05, 0) is 32.9 Å². The Balaban J connectivity index is 1.81. The fourth-order valence-electron chi connectivity index (χ4n) is 2.96. The molecule has 1 aliphatic heterocycles. The largest absolute Gasteiger partial charge is 0.314 e. The van der Waals surface area contributed by atoms with Gasteiger partial charge >= 0.3 is 0 Å². The summed E-state index contributed by atoms with van der Waals surface area (Å²) in [5, 5.41) is 11.4. The summed E-state index contributed by atoms with van der Waals surface area (Å²) >= 11 is 0. The van der Waals surface area contributed by atoms with Crippen LogP contribution in [0.3, 0.4) is 0 Å². The van der Waals surface area contributed by atoms with E-state index in [2.05, 4.69) is 33.6 Å². The minimum absolute atomic E-state index is 0.791. The number of aromatic nitrogens is 3. The van der Waals surface area contributed by atoms with Gasteiger partial charge in [-0.3, -0.25) is 9.58 Å². The van der Waals surface area contributed by atoms with Crippen LogP contribution in [0.4, 0.5) is 0 Å². The van der Waals surface area contributed by atoms with Crippen LogP contribution in [0.5, 0.6) is 0 Å². The van der Waals surface area contributed by atoms with Crippen LogP contribution in [0.1, 0.15) is 44.7 Å². The molecule has 0 radical (unpaired) electrons. The summed E-state index contributed by atoms with van der Waals surface area (Å²) in [7, 11) is 1.93. The van der Waals surface area contributed by atoms with Gasteiger partial charge in [0.15, 0.2) is 0 Å². The average Bonchev–Trinajstić information content (AvgIpc) is 2.86. The Kier molecular flexibility index (Phi) is 5.79. The summed E-state index contributed by atoms with van der Waals surface area (Å²) in [4.78, 5) is 2.65. The molecule has 0 saturated carbocycles. The molecule has 5 heteroatoms. The quantitative estimate of drug-likeness (QED) is 0.814. The summed E-state index contributed by atoms with van der Waals surface area (Å²) < 4.78 is 1.98. The minimum atomic E-state index is 0.791. The van der Waals surface area contributed by atoms with Gasteiger partial charge < -0.3 is 5.32 Å². The molecule has 5 nitrogen and oxygen atoms in total. The molecule has 1 atom stereocenters. The first kappa shape index (κ1) is 14.5. The second-order valence-electron chi connectivity index (χ2n) is 5.48. The van der Waals surface area contributed by atoms with Crippen LogP contribution in [-0.2, 0) is 13.1 Å². The van der Waals surface area contributed by atoms with E-state index in [0.717, 1.165) is 31.4 Å². The van der Waals surface area contributed by atoms with Crippen molar-refractivity contribution in [2.24, 2.45) is 0 Å². The molecule has 0 amide bonds. The van der Waals surface area contributed by atoms with Crippen molar-refractivity contribution in [2.75, 3.05) is 20.1 Å². The van der Waals surface area contributed by atoms with Gasteiger partial charge in [-0.25, -0.2) is 0 Å². The van der Waals surface area contributed by atoms with Crippen LogP contribution >= 0.6 is 0 Å². The molecule has 1 unspecified atom stereocenters. The summed E-state index contributed by atoms with van der Waals surface area (Å²) in [5.41, 5.74) is 1.02. The third-order valence-electron chi connectivity index (χ3n) is 3.93. The van der Waals surface area contributed by atoms with Crippen LogP contribution in [-0.4, -0.2) is 46.1 Å². The maximum Gasteiger partial charge on any atom is 0.0964 e. The van der Waals surface area contributed by atoms with Gasteiger partial charge in [0.2, 0.25) is 0 Å². The van der Waals surface area contributed by atoms with Crippen LogP contribution in [0.15, 0.2) is 6.20 Å². The first-order valence-electron chi connectivity index (χ1n) is 7.61. The van der Waals surface area contributed by atoms with Gasteiger partial charge in [0.05, 0.1) is 12.2 Å². The van der Waals surface area contributed by atoms with E-state index in [0.29, 0.717) is 0 Å². The Hall–Kier alpha value is -0.940. The molecule has 1 fully saturated rings. The highest BCUT2D eigenvalue weighted by Crippen LogP contribution is 2.20. The molecule has 1 aromatic rings. The van der Waals surface area contributed by atoms with Crippen LogP contribution in [0.25, 0.3) is 0 Å². The molecule has 2 rings (SSSR count). The van der Waals surface area contributed by atoms with Crippen LogP contribution in [0, 0.1) is 0 Å². The van der Waals surface area contributed by atoms with E-state index in [1.165, 1.54) is 38.6 Å². The molecule has 108 valence electrons. The van der Waals surface area contributed by atoms with E-state index in [4.69, 9.17) is 0 Å². The topological polar surface area (TPSA) is 46.0 Å². The fraction of sp³-hybridized carbons (Fsp3) is 0.857. The summed E-state index contributed by atoms with van der Waals surface area (Å²) in [6, 6.07) is 0.791. The Morgan fingerprint density at radius 3 is 3.05 bits per heavy atom. The lowest BCUT2D eigenvalue weighted by molar-refractivity contribution is 0.132. The van der Waals surface area contributed by atoms with Crippen molar-refractivity contribution >= 4 is 0 Å². The first-order valence-corrected chi connectivity index (χ1v) is 7.61. The van der Waals surface area contributed by atoms with Gasteiger partial charge in [0.25, 0.3) is 0 Å². The highest BCUT2D eigenvalue weighted by molar-refractivity contribution is 4.91. The number of rotatable bonds is 7. The number of hydrogen-bond donors (Lipinski definition) is 1. The molecule has 0 aliphatic carbocycles. The summed E-state index contributed by atoms with van der Waals surface area (Å²) in [6.45, 7) is 6.39. The van der Waals surface area contributed by atoms with E-state index < -0.39 is 0 Å². The Bertz CT molecular complexity index is 360. The van der Waals surface area contributed by atoms with Crippen molar-refractivity contribution in [1.82, 2.24) is 25.2 Å². The minimum Gasteiger partial charge on any atom is -0.314 e. The van der Waals surface area contributed by atoms with Gasteiger partial charge in [-0.2, -0.15) is 0 Å². The zero-order chi connectivity index (χ0) is 13.5. The SMILES string of the molecule is CCCC1CCCCN1CCn1cc(CNC)nn1. The van der Waals surface area contributed by atoms with Crippen molar-refractivity contribution in [1.29, 1.82) is 0 Å². The molecule has 1 saturated heterocycles. The standard InChI is InChI=1S/C14H27N5/c1-3-6-14-7-4-5-8-18(14)9-10-19-12-13(11-15-2)16-17-19/h12,14-15H,3-11H2,1-2H3. The number of nitrogens with zero attached hydrogens (tertiary/aromatic N) is 4. The highest BCUT2D eigenvalue weighted by atomic mass is 15.4. The van der Waals surface area contributed by atoms with Crippen molar-refractivity contribution in [3.05, 3.63) is 11.9 Å². The Morgan fingerprint density at radius 2 is 2.26 bits per heavy atom. The lowest BCUT2D eigenvalue weighted by atomic mass is 9.98. The molecular formula is C14H27N5. The third kappa shape index (κ3) is 4.28. The van der Waals surface area contributed by atoms with Crippen molar-refractivity contribution in [2.45, 2.75) is 58.2 Å². The van der Waals surface area contributed by atoms with E-state index >= 15 is 0 Å². The van der Waals surface area contributed by atoms with E-state index in [-0.39, 0.29) is 0 Å². The normalized spacial score (nSPS) is 20.8. The number of piperidine rings is 1. The summed E-state index contributed by atoms with van der Waals surface area (Å²) in [6.07, 6.45) is 8.80. The molecule has 19 heavy (non-hydrogen) atoms. The molecule has 0 spiro atoms. The number of likely N-dealkylation sites (tertiary alicyclic amines) is 1. The van der Waals surface area contributed by atoms with E-state index in [1.54, 1.807) is 0 Å². The average molecular weight is 265 g/mol. The number of hydrogen-bond acceptors (Lipinski definition) is 4. The van der Waals surface area contributed by atoms with Gasteiger partial charge in [0, 0.05) is 25.3 Å². The number of nitrogens with one attached hydrogen (secondary N) is 1. The monoisotopic (exact) mass is 265 g/mol.